The predicted molar refractivity (Wildman–Crippen MR) is 105 cm³/mol. The zero-order valence-electron chi connectivity index (χ0n) is 14.9. The lowest BCUT2D eigenvalue weighted by molar-refractivity contribution is -0.137. The molecule has 3 aromatic rings. The third kappa shape index (κ3) is 3.61. The largest absolute Gasteiger partial charge is 0.481 e. The molecule has 0 fully saturated rings. The molecule has 2 aromatic carbocycles. The van der Waals surface area contributed by atoms with E-state index in [2.05, 4.69) is 21.8 Å². The van der Waals surface area contributed by atoms with Crippen molar-refractivity contribution < 1.29 is 19.4 Å². The summed E-state index contributed by atoms with van der Waals surface area (Å²) < 4.78 is 9.46. The number of aromatic nitrogens is 1. The second-order valence-electron chi connectivity index (χ2n) is 6.54. The number of amides is 1. The molecule has 6 nitrogen and oxygen atoms in total. The summed E-state index contributed by atoms with van der Waals surface area (Å²) in [6.07, 6.45) is 0.710. The number of rotatable bonds is 6. The zero-order valence-corrected chi connectivity index (χ0v) is 15.7. The van der Waals surface area contributed by atoms with Gasteiger partial charge in [0, 0.05) is 17.0 Å². The lowest BCUT2D eigenvalue weighted by atomic mass is 9.98. The predicted octanol–water partition coefficient (Wildman–Crippen LogP) is 4.20. The van der Waals surface area contributed by atoms with Crippen LogP contribution >= 0.6 is 11.5 Å². The minimum absolute atomic E-state index is 0.0421. The number of carboxylic acid groups (broad SMARTS) is 1. The number of nitrogens with one attached hydrogen (secondary N) is 1. The Kier molecular flexibility index (Phi) is 5.08. The van der Waals surface area contributed by atoms with E-state index < -0.39 is 18.1 Å². The monoisotopic (exact) mass is 394 g/mol. The smallest absolute Gasteiger partial charge is 0.407 e. The molecule has 0 aliphatic heterocycles. The van der Waals surface area contributed by atoms with Crippen LogP contribution in [0.15, 0.2) is 60.8 Å². The minimum Gasteiger partial charge on any atom is -0.481 e. The van der Waals surface area contributed by atoms with E-state index in [0.717, 1.165) is 33.8 Å². The first-order valence-electron chi connectivity index (χ1n) is 8.87. The summed E-state index contributed by atoms with van der Waals surface area (Å²) in [5.41, 5.74) is 4.56. The summed E-state index contributed by atoms with van der Waals surface area (Å²) in [7, 11) is 0. The van der Waals surface area contributed by atoms with Gasteiger partial charge in [0.2, 0.25) is 0 Å². The van der Waals surface area contributed by atoms with Crippen molar-refractivity contribution in [2.24, 2.45) is 0 Å². The highest BCUT2D eigenvalue weighted by atomic mass is 32.1. The van der Waals surface area contributed by atoms with Gasteiger partial charge < -0.3 is 15.2 Å². The molecule has 1 amide bonds. The lowest BCUT2D eigenvalue weighted by Crippen LogP contribution is -2.31. The van der Waals surface area contributed by atoms with Crippen LogP contribution < -0.4 is 5.32 Å². The maximum absolute atomic E-state index is 12.4. The molecule has 0 unspecified atom stereocenters. The first-order chi connectivity index (χ1) is 13.6. The first-order valence-corrected chi connectivity index (χ1v) is 9.64. The quantitative estimate of drug-likeness (QED) is 0.654. The average Bonchev–Trinajstić information content (AvgIpc) is 3.32. The summed E-state index contributed by atoms with van der Waals surface area (Å²) in [4.78, 5) is 24.2. The van der Waals surface area contributed by atoms with Crippen LogP contribution in [-0.4, -0.2) is 28.1 Å². The van der Waals surface area contributed by atoms with Gasteiger partial charge in [0.15, 0.2) is 0 Å². The topological polar surface area (TPSA) is 88.5 Å². The van der Waals surface area contributed by atoms with Crippen molar-refractivity contribution in [3.05, 3.63) is 76.8 Å². The molecule has 0 saturated carbocycles. The maximum atomic E-state index is 12.4. The SMILES string of the molecule is O=C(O)C[C@@H](NC(=O)OCC1c2ccccc2-c2ccccc21)c1ccns1. The zero-order chi connectivity index (χ0) is 19.5. The van der Waals surface area contributed by atoms with E-state index in [1.807, 2.05) is 36.4 Å². The molecular formula is C21H18N2O4S. The van der Waals surface area contributed by atoms with Crippen LogP contribution in [0.1, 0.15) is 34.4 Å². The van der Waals surface area contributed by atoms with Crippen molar-refractivity contribution in [1.82, 2.24) is 9.69 Å². The van der Waals surface area contributed by atoms with Gasteiger partial charge in [-0.3, -0.25) is 4.79 Å². The van der Waals surface area contributed by atoms with Gasteiger partial charge >= 0.3 is 12.1 Å². The van der Waals surface area contributed by atoms with Crippen molar-refractivity contribution in [3.63, 3.8) is 0 Å². The summed E-state index contributed by atoms with van der Waals surface area (Å²) in [5, 5.41) is 11.8. The number of carboxylic acids is 1. The molecule has 28 heavy (non-hydrogen) atoms. The second kappa shape index (κ2) is 7.82. The normalized spacial score (nSPS) is 13.4. The Morgan fingerprint density at radius 1 is 1.07 bits per heavy atom. The van der Waals surface area contributed by atoms with Crippen LogP contribution in [0.4, 0.5) is 4.79 Å². The number of alkyl carbamates (subject to hydrolysis) is 1. The summed E-state index contributed by atoms with van der Waals surface area (Å²) in [6.45, 7) is 0.183. The van der Waals surface area contributed by atoms with Crippen molar-refractivity contribution in [2.45, 2.75) is 18.4 Å². The Morgan fingerprint density at radius 2 is 1.71 bits per heavy atom. The fraction of sp³-hybridized carbons (Fsp3) is 0.190. The number of hydrogen-bond acceptors (Lipinski definition) is 5. The van der Waals surface area contributed by atoms with Gasteiger partial charge in [-0.2, -0.15) is 0 Å². The van der Waals surface area contributed by atoms with E-state index in [-0.39, 0.29) is 18.9 Å². The van der Waals surface area contributed by atoms with E-state index in [0.29, 0.717) is 4.88 Å². The summed E-state index contributed by atoms with van der Waals surface area (Å²) >= 11 is 1.16. The molecule has 1 aliphatic rings. The van der Waals surface area contributed by atoms with Crippen LogP contribution in [0, 0.1) is 0 Å². The van der Waals surface area contributed by atoms with Crippen LogP contribution in [0.3, 0.4) is 0 Å². The highest BCUT2D eigenvalue weighted by Gasteiger charge is 2.29. The Hall–Kier alpha value is -3.19. The standard InChI is InChI=1S/C21H18N2O4S/c24-20(25)11-18(19-9-10-22-28-19)23-21(26)27-12-17-15-7-3-1-5-13(15)14-6-2-4-8-16(14)17/h1-10,17-18H,11-12H2,(H,23,26)(H,24,25)/t18-/m1/s1. The molecule has 1 heterocycles. The number of fused-ring (bicyclic) bond motifs is 3. The molecule has 2 N–H and O–H groups in total. The molecule has 142 valence electrons. The van der Waals surface area contributed by atoms with Crippen LogP contribution in [0.5, 0.6) is 0 Å². The molecule has 1 aliphatic carbocycles. The van der Waals surface area contributed by atoms with Crippen LogP contribution in [0.25, 0.3) is 11.1 Å². The Balaban J connectivity index is 1.47. The Labute approximate surface area is 166 Å². The van der Waals surface area contributed by atoms with Crippen LogP contribution in [-0.2, 0) is 9.53 Å². The van der Waals surface area contributed by atoms with E-state index in [1.165, 1.54) is 0 Å². The number of hydrogen-bond donors (Lipinski definition) is 2. The van der Waals surface area contributed by atoms with Gasteiger partial charge in [-0.05, 0) is 39.9 Å². The highest BCUT2D eigenvalue weighted by molar-refractivity contribution is 7.05. The molecule has 0 saturated heterocycles. The Bertz CT molecular complexity index is 958. The molecule has 0 bridgehead atoms. The average molecular weight is 394 g/mol. The van der Waals surface area contributed by atoms with Crippen LogP contribution in [0.2, 0.25) is 0 Å². The number of aliphatic carboxylic acids is 1. The molecule has 0 radical (unpaired) electrons. The third-order valence-electron chi connectivity index (χ3n) is 4.82. The highest BCUT2D eigenvalue weighted by Crippen LogP contribution is 2.44. The van der Waals surface area contributed by atoms with E-state index in [1.54, 1.807) is 12.3 Å². The van der Waals surface area contributed by atoms with E-state index in [9.17, 15) is 9.59 Å². The maximum Gasteiger partial charge on any atom is 0.407 e. The molecule has 1 aromatic heterocycles. The molecular weight excluding hydrogens is 376 g/mol. The van der Waals surface area contributed by atoms with Gasteiger partial charge in [-0.1, -0.05) is 48.5 Å². The van der Waals surface area contributed by atoms with Gasteiger partial charge in [0.05, 0.1) is 12.5 Å². The number of carbonyl (C=O) groups excluding carboxylic acids is 1. The molecule has 4 rings (SSSR count). The molecule has 1 atom stereocenters. The first kappa shape index (κ1) is 18.2. The minimum atomic E-state index is -1.00. The lowest BCUT2D eigenvalue weighted by Gasteiger charge is -2.18. The van der Waals surface area contributed by atoms with Crippen molar-refractivity contribution >= 4 is 23.6 Å². The fourth-order valence-electron chi connectivity index (χ4n) is 3.59. The number of benzene rings is 2. The number of carbonyl (C=O) groups is 2. The molecule has 7 heteroatoms. The van der Waals surface area contributed by atoms with Crippen molar-refractivity contribution in [3.8, 4) is 11.1 Å². The third-order valence-corrected chi connectivity index (χ3v) is 5.67. The van der Waals surface area contributed by atoms with Crippen molar-refractivity contribution in [1.29, 1.82) is 0 Å². The second-order valence-corrected chi connectivity index (χ2v) is 7.40. The van der Waals surface area contributed by atoms with Gasteiger partial charge in [-0.25, -0.2) is 9.17 Å². The molecule has 0 spiro atoms. The summed E-state index contributed by atoms with van der Waals surface area (Å²) in [6, 6.07) is 17.2. The summed E-state index contributed by atoms with van der Waals surface area (Å²) in [5.74, 6) is -1.04. The van der Waals surface area contributed by atoms with Gasteiger partial charge in [0.1, 0.15) is 6.61 Å². The van der Waals surface area contributed by atoms with E-state index >= 15 is 0 Å². The van der Waals surface area contributed by atoms with E-state index in [4.69, 9.17) is 9.84 Å². The van der Waals surface area contributed by atoms with Gasteiger partial charge in [-0.15, -0.1) is 0 Å². The Morgan fingerprint density at radius 3 is 2.29 bits per heavy atom. The van der Waals surface area contributed by atoms with Crippen molar-refractivity contribution in [2.75, 3.05) is 6.61 Å². The number of nitrogens with zero attached hydrogens (tertiary/aromatic N) is 1. The van der Waals surface area contributed by atoms with Gasteiger partial charge in [0.25, 0.3) is 0 Å². The number of ether oxygens (including phenoxy) is 1. The fourth-order valence-corrected chi connectivity index (χ4v) is 4.22.